The highest BCUT2D eigenvalue weighted by Crippen LogP contribution is 2.13. The zero-order valence-electron chi connectivity index (χ0n) is 26.3. The van der Waals surface area contributed by atoms with E-state index in [9.17, 15) is 33.9 Å². The number of imide groups is 1. The highest BCUT2D eigenvalue weighted by atomic mass is 16.7. The summed E-state index contributed by atoms with van der Waals surface area (Å²) in [6.45, 7) is 12.6. The smallest absolute Gasteiger partial charge is 0.347 e. The Morgan fingerprint density at radius 3 is 1.19 bits per heavy atom. The van der Waals surface area contributed by atoms with Gasteiger partial charge < -0.3 is 19.4 Å². The number of carbonyl (C=O) groups is 6. The van der Waals surface area contributed by atoms with E-state index < -0.39 is 46.9 Å². The molecule has 244 valence electrons. The van der Waals surface area contributed by atoms with Crippen LogP contribution in [0, 0.1) is 0 Å². The second kappa shape index (κ2) is 16.1. The average Bonchev–Trinajstić information content (AvgIpc) is 3.14. The minimum absolute atomic E-state index is 0.0199. The number of esters is 2. The summed E-state index contributed by atoms with van der Waals surface area (Å²) in [6.07, 6.45) is -0.0397. The highest BCUT2D eigenvalue weighted by Gasteiger charge is 2.33. The molecule has 0 radical (unpaired) electrons. The Labute approximate surface area is 252 Å². The van der Waals surface area contributed by atoms with Crippen LogP contribution in [-0.4, -0.2) is 155 Å². The van der Waals surface area contributed by atoms with Crippen LogP contribution in [0.15, 0.2) is 0 Å². The third-order valence-corrected chi connectivity index (χ3v) is 6.39. The largest absolute Gasteiger partial charge is 0.480 e. The van der Waals surface area contributed by atoms with Crippen molar-refractivity contribution in [3.05, 3.63) is 0 Å². The van der Waals surface area contributed by atoms with Crippen molar-refractivity contribution in [2.45, 2.75) is 65.6 Å². The number of hydrogen-bond donors (Lipinski definition) is 1. The molecule has 1 N–H and O–H groups in total. The van der Waals surface area contributed by atoms with Crippen molar-refractivity contribution >= 4 is 35.7 Å². The molecule has 15 heteroatoms. The maximum atomic E-state index is 12.8. The predicted octanol–water partition coefficient (Wildman–Crippen LogP) is -0.417. The minimum Gasteiger partial charge on any atom is -0.480 e. The van der Waals surface area contributed by atoms with Crippen molar-refractivity contribution in [1.29, 1.82) is 0 Å². The van der Waals surface area contributed by atoms with E-state index in [1.54, 1.807) is 51.3 Å². The number of aliphatic carboxylic acids is 1. The van der Waals surface area contributed by atoms with Gasteiger partial charge in [-0.05, 0) is 41.5 Å². The van der Waals surface area contributed by atoms with Crippen LogP contribution in [0.5, 0.6) is 0 Å². The number of amides is 2. The summed E-state index contributed by atoms with van der Waals surface area (Å²) < 4.78 is 11.0. The van der Waals surface area contributed by atoms with Crippen molar-refractivity contribution < 1.29 is 48.2 Å². The average molecular weight is 614 g/mol. The van der Waals surface area contributed by atoms with Crippen molar-refractivity contribution in [2.24, 2.45) is 0 Å². The number of nitrogens with zero attached hydrogens (tertiary/aromatic N) is 5. The van der Waals surface area contributed by atoms with Gasteiger partial charge in [0.1, 0.15) is 11.2 Å². The first-order chi connectivity index (χ1) is 19.9. The molecule has 2 aliphatic rings. The molecule has 0 aromatic carbocycles. The topological polar surface area (TPSA) is 167 Å². The fourth-order valence-corrected chi connectivity index (χ4v) is 4.49. The molecule has 2 saturated heterocycles. The summed E-state index contributed by atoms with van der Waals surface area (Å²) in [7, 11) is 0. The molecule has 2 aliphatic heterocycles. The van der Waals surface area contributed by atoms with Gasteiger partial charge in [-0.2, -0.15) is 0 Å². The molecule has 0 saturated carbocycles. The highest BCUT2D eigenvalue weighted by molar-refractivity contribution is 6.01. The molecule has 43 heavy (non-hydrogen) atoms. The third kappa shape index (κ3) is 14.7. The van der Waals surface area contributed by atoms with Gasteiger partial charge >= 0.3 is 23.9 Å². The first-order valence-corrected chi connectivity index (χ1v) is 14.5. The van der Waals surface area contributed by atoms with Crippen LogP contribution in [0.4, 0.5) is 0 Å². The molecule has 0 bridgehead atoms. The molecule has 15 nitrogen and oxygen atoms in total. The molecule has 2 fully saturated rings. The predicted molar refractivity (Wildman–Crippen MR) is 152 cm³/mol. The molecule has 0 aromatic heterocycles. The number of hydroxylamine groups is 2. The van der Waals surface area contributed by atoms with E-state index >= 15 is 0 Å². The van der Waals surface area contributed by atoms with Gasteiger partial charge in [-0.15, -0.1) is 5.06 Å². The van der Waals surface area contributed by atoms with E-state index in [4.69, 9.17) is 14.3 Å². The van der Waals surface area contributed by atoms with Crippen LogP contribution in [0.1, 0.15) is 54.4 Å². The molecule has 2 heterocycles. The Morgan fingerprint density at radius 1 is 0.581 bits per heavy atom. The standard InChI is InChI=1S/C28H47N5O10/c1-27(2,3)41-24(38)18-30-11-9-29(17-23(36)37)10-12-31(19-25(39)42-28(4,5)6)14-16-32(15-13-30)20-26(40)43-33-21(34)7-8-22(33)35/h7-20H2,1-6H3,(H,36,37). The first-order valence-electron chi connectivity index (χ1n) is 14.5. The molecule has 0 aromatic rings. The number of carboxylic acids is 1. The van der Waals surface area contributed by atoms with E-state index in [-0.39, 0.29) is 39.0 Å². The van der Waals surface area contributed by atoms with Gasteiger partial charge in [0.05, 0.1) is 26.2 Å². The fraction of sp³-hybridized carbons (Fsp3) is 0.786. The van der Waals surface area contributed by atoms with Gasteiger partial charge in [0.15, 0.2) is 0 Å². The normalized spacial score (nSPS) is 19.4. The Balaban J connectivity index is 2.22. The maximum absolute atomic E-state index is 12.8. The molecular weight excluding hydrogens is 566 g/mol. The van der Waals surface area contributed by atoms with Gasteiger partial charge in [0.25, 0.3) is 11.8 Å². The summed E-state index contributed by atoms with van der Waals surface area (Å²) in [4.78, 5) is 85.7. The monoisotopic (exact) mass is 613 g/mol. The first kappa shape index (κ1) is 36.1. The fourth-order valence-electron chi connectivity index (χ4n) is 4.49. The van der Waals surface area contributed by atoms with Crippen LogP contribution in [0.25, 0.3) is 0 Å². The van der Waals surface area contributed by atoms with Gasteiger partial charge in [-0.1, -0.05) is 0 Å². The zero-order valence-corrected chi connectivity index (χ0v) is 26.3. The van der Waals surface area contributed by atoms with E-state index in [2.05, 4.69) is 0 Å². The quantitative estimate of drug-likeness (QED) is 0.263. The number of rotatable bonds is 9. The van der Waals surface area contributed by atoms with Crippen LogP contribution in [-0.2, 0) is 43.1 Å². The maximum Gasteiger partial charge on any atom is 0.347 e. The Kier molecular flexibility index (Phi) is 13.5. The summed E-state index contributed by atoms with van der Waals surface area (Å²) in [5.74, 6) is -3.82. The van der Waals surface area contributed by atoms with Crippen molar-refractivity contribution in [1.82, 2.24) is 24.7 Å². The van der Waals surface area contributed by atoms with E-state index in [0.29, 0.717) is 57.4 Å². The summed E-state index contributed by atoms with van der Waals surface area (Å²) in [6, 6.07) is 0. The van der Waals surface area contributed by atoms with E-state index in [0.717, 1.165) is 0 Å². The molecule has 2 amide bonds. The van der Waals surface area contributed by atoms with Gasteiger partial charge in [0, 0.05) is 65.2 Å². The van der Waals surface area contributed by atoms with Crippen molar-refractivity contribution in [3.8, 4) is 0 Å². The van der Waals surface area contributed by atoms with Gasteiger partial charge in [-0.25, -0.2) is 4.79 Å². The molecule has 0 aliphatic carbocycles. The van der Waals surface area contributed by atoms with E-state index in [1.807, 2.05) is 9.80 Å². The summed E-state index contributed by atoms with van der Waals surface area (Å²) in [5, 5.41) is 9.97. The molecule has 0 unspecified atom stereocenters. The van der Waals surface area contributed by atoms with Gasteiger partial charge in [0.2, 0.25) is 0 Å². The number of carbonyl (C=O) groups excluding carboxylic acids is 5. The Bertz CT molecular complexity index is 960. The number of hydrogen-bond acceptors (Lipinski definition) is 13. The third-order valence-electron chi connectivity index (χ3n) is 6.39. The summed E-state index contributed by atoms with van der Waals surface area (Å²) >= 11 is 0. The zero-order chi connectivity index (χ0) is 32.4. The van der Waals surface area contributed by atoms with Crippen molar-refractivity contribution in [2.75, 3.05) is 78.5 Å². The molecule has 0 spiro atoms. The Morgan fingerprint density at radius 2 is 0.884 bits per heavy atom. The van der Waals surface area contributed by atoms with E-state index in [1.165, 1.54) is 0 Å². The van der Waals surface area contributed by atoms with Crippen LogP contribution in [0.2, 0.25) is 0 Å². The lowest BCUT2D eigenvalue weighted by molar-refractivity contribution is -0.198. The molecule has 2 rings (SSSR count). The van der Waals surface area contributed by atoms with Crippen LogP contribution >= 0.6 is 0 Å². The van der Waals surface area contributed by atoms with Gasteiger partial charge in [-0.3, -0.25) is 43.6 Å². The Hall–Kier alpha value is -3.14. The van der Waals surface area contributed by atoms with Crippen molar-refractivity contribution in [3.63, 3.8) is 0 Å². The van der Waals surface area contributed by atoms with Crippen LogP contribution in [0.3, 0.4) is 0 Å². The SMILES string of the molecule is CC(C)(C)OC(=O)CN1CCN(CC(=O)O)CCN(CC(=O)OC(C)(C)C)CCN(CC(=O)ON2C(=O)CCC2=O)CC1. The second-order valence-corrected chi connectivity index (χ2v) is 12.7. The number of ether oxygens (including phenoxy) is 2. The number of carboxylic acid groups (broad SMARTS) is 1. The summed E-state index contributed by atoms with van der Waals surface area (Å²) in [5.41, 5.74) is -1.37. The lowest BCUT2D eigenvalue weighted by Gasteiger charge is -2.33. The molecule has 0 atom stereocenters. The minimum atomic E-state index is -0.996. The van der Waals surface area contributed by atoms with Crippen LogP contribution < -0.4 is 0 Å². The second-order valence-electron chi connectivity index (χ2n) is 12.7. The molecular formula is C28H47N5O10. The lowest BCUT2D eigenvalue weighted by Crippen LogP contribution is -2.50. The lowest BCUT2D eigenvalue weighted by atomic mass is 10.2.